The van der Waals surface area contributed by atoms with E-state index in [0.29, 0.717) is 5.92 Å². The Morgan fingerprint density at radius 3 is 2.88 bits per heavy atom. The number of fused-ring (bicyclic) bond motifs is 1. The first-order valence-corrected chi connectivity index (χ1v) is 5.98. The van der Waals surface area contributed by atoms with E-state index in [1.165, 1.54) is 25.0 Å². The molecule has 1 aliphatic carbocycles. The van der Waals surface area contributed by atoms with E-state index in [2.05, 4.69) is 29.1 Å². The van der Waals surface area contributed by atoms with Crippen molar-refractivity contribution in [1.29, 1.82) is 0 Å². The summed E-state index contributed by atoms with van der Waals surface area (Å²) in [6.45, 7) is 4.36. The second kappa shape index (κ2) is 3.45. The molecule has 0 unspecified atom stereocenters. The monoisotopic (exact) mass is 233 g/mol. The van der Waals surface area contributed by atoms with Gasteiger partial charge in [0.1, 0.15) is 5.82 Å². The summed E-state index contributed by atoms with van der Waals surface area (Å²) in [6.07, 6.45) is 2.55. The average Bonchev–Trinajstić information content (AvgIpc) is 3.01. The van der Waals surface area contributed by atoms with Crippen molar-refractivity contribution in [3.8, 4) is 0 Å². The van der Waals surface area contributed by atoms with Gasteiger partial charge in [-0.15, -0.1) is 0 Å². The minimum atomic E-state index is -0.242. The molecular formula is C13H16FN3. The zero-order chi connectivity index (χ0) is 12.0. The van der Waals surface area contributed by atoms with E-state index in [4.69, 9.17) is 0 Å². The average molecular weight is 233 g/mol. The number of aromatic amines is 1. The van der Waals surface area contributed by atoms with Crippen molar-refractivity contribution in [2.24, 2.45) is 5.92 Å². The number of halogens is 1. The van der Waals surface area contributed by atoms with Crippen molar-refractivity contribution in [3.63, 3.8) is 0 Å². The summed E-state index contributed by atoms with van der Waals surface area (Å²) in [6, 6.07) is 4.59. The Labute approximate surface area is 99.4 Å². The lowest BCUT2D eigenvalue weighted by Crippen LogP contribution is -2.33. The van der Waals surface area contributed by atoms with Crippen LogP contribution >= 0.6 is 0 Å². The van der Waals surface area contributed by atoms with Crippen molar-refractivity contribution in [2.45, 2.75) is 32.2 Å². The SMILES string of the molecule is CC(C)(Nc1nc2ccc(F)cc2[nH]1)C1CC1. The molecule has 0 spiro atoms. The van der Waals surface area contributed by atoms with Gasteiger partial charge in [-0.05, 0) is 50.8 Å². The first-order valence-electron chi connectivity index (χ1n) is 5.98. The summed E-state index contributed by atoms with van der Waals surface area (Å²) in [5, 5.41) is 3.40. The highest BCUT2D eigenvalue weighted by atomic mass is 19.1. The molecule has 90 valence electrons. The zero-order valence-corrected chi connectivity index (χ0v) is 10.0. The molecule has 0 bridgehead atoms. The molecule has 1 saturated carbocycles. The molecule has 1 aromatic carbocycles. The number of H-pyrrole nitrogens is 1. The van der Waals surface area contributed by atoms with Crippen LogP contribution in [-0.2, 0) is 0 Å². The molecule has 0 saturated heterocycles. The Bertz CT molecular complexity index is 555. The molecule has 3 nitrogen and oxygen atoms in total. The molecule has 17 heavy (non-hydrogen) atoms. The van der Waals surface area contributed by atoms with E-state index in [0.717, 1.165) is 17.0 Å². The molecule has 0 atom stereocenters. The van der Waals surface area contributed by atoms with Gasteiger partial charge in [0.15, 0.2) is 0 Å². The fraction of sp³-hybridized carbons (Fsp3) is 0.462. The minimum Gasteiger partial charge on any atom is -0.351 e. The van der Waals surface area contributed by atoms with Gasteiger partial charge in [-0.3, -0.25) is 0 Å². The maximum Gasteiger partial charge on any atom is 0.201 e. The summed E-state index contributed by atoms with van der Waals surface area (Å²) < 4.78 is 13.1. The second-order valence-corrected chi connectivity index (χ2v) is 5.37. The minimum absolute atomic E-state index is 0.0480. The topological polar surface area (TPSA) is 40.7 Å². The van der Waals surface area contributed by atoms with Crippen LogP contribution in [0.4, 0.5) is 10.3 Å². The first kappa shape index (κ1) is 10.6. The normalized spacial score (nSPS) is 16.4. The van der Waals surface area contributed by atoms with E-state index in [9.17, 15) is 4.39 Å². The van der Waals surface area contributed by atoms with Gasteiger partial charge in [-0.1, -0.05) is 0 Å². The summed E-state index contributed by atoms with van der Waals surface area (Å²) in [4.78, 5) is 7.53. The van der Waals surface area contributed by atoms with Crippen LogP contribution in [0.15, 0.2) is 18.2 Å². The summed E-state index contributed by atoms with van der Waals surface area (Å²) in [7, 11) is 0. The number of nitrogens with one attached hydrogen (secondary N) is 2. The Morgan fingerprint density at radius 1 is 1.41 bits per heavy atom. The van der Waals surface area contributed by atoms with Gasteiger partial charge < -0.3 is 10.3 Å². The molecule has 1 fully saturated rings. The van der Waals surface area contributed by atoms with Gasteiger partial charge in [-0.2, -0.15) is 0 Å². The molecule has 0 radical (unpaired) electrons. The third-order valence-corrected chi connectivity index (χ3v) is 3.48. The van der Waals surface area contributed by atoms with E-state index in [1.54, 1.807) is 6.07 Å². The van der Waals surface area contributed by atoms with Crippen molar-refractivity contribution in [3.05, 3.63) is 24.0 Å². The summed E-state index contributed by atoms with van der Waals surface area (Å²) in [5.74, 6) is 1.20. The largest absolute Gasteiger partial charge is 0.351 e. The van der Waals surface area contributed by atoms with Crippen molar-refractivity contribution in [1.82, 2.24) is 9.97 Å². The quantitative estimate of drug-likeness (QED) is 0.854. The lowest BCUT2D eigenvalue weighted by molar-refractivity contribution is 0.491. The fourth-order valence-electron chi connectivity index (χ4n) is 2.25. The summed E-state index contributed by atoms with van der Waals surface area (Å²) in [5.41, 5.74) is 1.58. The standard InChI is InChI=1S/C13H16FN3/c1-13(2,8-3-4-8)17-12-15-10-6-5-9(14)7-11(10)16-12/h5-8H,3-4H2,1-2H3,(H2,15,16,17). The number of aromatic nitrogens is 2. The van der Waals surface area contributed by atoms with Crippen molar-refractivity contribution in [2.75, 3.05) is 5.32 Å². The van der Waals surface area contributed by atoms with Gasteiger partial charge in [0.25, 0.3) is 0 Å². The fourth-order valence-corrected chi connectivity index (χ4v) is 2.25. The van der Waals surface area contributed by atoms with Gasteiger partial charge in [-0.25, -0.2) is 9.37 Å². The van der Waals surface area contributed by atoms with Gasteiger partial charge >= 0.3 is 0 Å². The Balaban J connectivity index is 1.90. The molecule has 0 amide bonds. The smallest absolute Gasteiger partial charge is 0.201 e. The van der Waals surface area contributed by atoms with Gasteiger partial charge in [0.2, 0.25) is 5.95 Å². The van der Waals surface area contributed by atoms with Gasteiger partial charge in [0.05, 0.1) is 11.0 Å². The number of anilines is 1. The number of hydrogen-bond donors (Lipinski definition) is 2. The maximum absolute atomic E-state index is 13.1. The Hall–Kier alpha value is -1.58. The van der Waals surface area contributed by atoms with Crippen LogP contribution in [0.2, 0.25) is 0 Å². The number of nitrogens with zero attached hydrogens (tertiary/aromatic N) is 1. The molecule has 4 heteroatoms. The summed E-state index contributed by atoms with van der Waals surface area (Å²) >= 11 is 0. The number of benzene rings is 1. The van der Waals surface area contributed by atoms with Crippen LogP contribution in [0.3, 0.4) is 0 Å². The highest BCUT2D eigenvalue weighted by Gasteiger charge is 2.38. The number of hydrogen-bond acceptors (Lipinski definition) is 2. The van der Waals surface area contributed by atoms with Crippen LogP contribution in [0.25, 0.3) is 11.0 Å². The lowest BCUT2D eigenvalue weighted by Gasteiger charge is -2.25. The number of rotatable bonds is 3. The second-order valence-electron chi connectivity index (χ2n) is 5.37. The van der Waals surface area contributed by atoms with Crippen LogP contribution in [0.5, 0.6) is 0 Å². The molecule has 3 rings (SSSR count). The predicted octanol–water partition coefficient (Wildman–Crippen LogP) is 3.30. The molecule has 2 aromatic rings. The van der Waals surface area contributed by atoms with E-state index in [-0.39, 0.29) is 11.4 Å². The third kappa shape index (κ3) is 1.99. The molecule has 0 aliphatic heterocycles. The molecule has 1 aliphatic rings. The first-order chi connectivity index (χ1) is 8.04. The van der Waals surface area contributed by atoms with Crippen LogP contribution in [0.1, 0.15) is 26.7 Å². The third-order valence-electron chi connectivity index (χ3n) is 3.48. The lowest BCUT2D eigenvalue weighted by atomic mass is 9.99. The van der Waals surface area contributed by atoms with Crippen molar-refractivity contribution < 1.29 is 4.39 Å². The van der Waals surface area contributed by atoms with Crippen LogP contribution in [-0.4, -0.2) is 15.5 Å². The molecule has 1 aromatic heterocycles. The van der Waals surface area contributed by atoms with E-state index < -0.39 is 0 Å². The van der Waals surface area contributed by atoms with E-state index in [1.807, 2.05) is 0 Å². The Kier molecular flexibility index (Phi) is 2.15. The predicted molar refractivity (Wildman–Crippen MR) is 66.5 cm³/mol. The zero-order valence-electron chi connectivity index (χ0n) is 10.0. The number of imidazole rings is 1. The molecule has 1 heterocycles. The van der Waals surface area contributed by atoms with E-state index >= 15 is 0 Å². The Morgan fingerprint density at radius 2 is 2.18 bits per heavy atom. The van der Waals surface area contributed by atoms with Crippen molar-refractivity contribution >= 4 is 17.0 Å². The van der Waals surface area contributed by atoms with Crippen LogP contribution in [0, 0.1) is 11.7 Å². The van der Waals surface area contributed by atoms with Gasteiger partial charge in [0, 0.05) is 5.54 Å². The highest BCUT2D eigenvalue weighted by Crippen LogP contribution is 2.40. The molecular weight excluding hydrogens is 217 g/mol. The molecule has 2 N–H and O–H groups in total. The highest BCUT2D eigenvalue weighted by molar-refractivity contribution is 5.77. The van der Waals surface area contributed by atoms with Crippen LogP contribution < -0.4 is 5.32 Å². The maximum atomic E-state index is 13.1.